The third kappa shape index (κ3) is 4.57. The van der Waals surface area contributed by atoms with Crippen molar-refractivity contribution in [1.29, 1.82) is 0 Å². The van der Waals surface area contributed by atoms with Crippen LogP contribution in [0, 0.1) is 13.8 Å². The van der Waals surface area contributed by atoms with Gasteiger partial charge in [-0.05, 0) is 54.8 Å². The predicted octanol–water partition coefficient (Wildman–Crippen LogP) is 4.72. The Morgan fingerprint density at radius 3 is 2.63 bits per heavy atom. The summed E-state index contributed by atoms with van der Waals surface area (Å²) in [4.78, 5) is 24.6. The predicted molar refractivity (Wildman–Crippen MR) is 127 cm³/mol. The number of H-pyrrole nitrogens is 1. The summed E-state index contributed by atoms with van der Waals surface area (Å²) in [6.45, 7) is 4.37. The van der Waals surface area contributed by atoms with E-state index in [4.69, 9.17) is 5.73 Å². The van der Waals surface area contributed by atoms with E-state index in [0.29, 0.717) is 52.5 Å². The SMILES string of the molecule is Cc1cc(N)nc(C)c1CNc1ncnc2nc(Cc3ccc4ncc(C(F)(F)F)cc4c3)[nH]c12. The molecule has 0 unspecified atom stereocenters. The Morgan fingerprint density at radius 2 is 1.86 bits per heavy atom. The molecule has 4 heterocycles. The number of benzene rings is 1. The van der Waals surface area contributed by atoms with Crippen LogP contribution >= 0.6 is 0 Å². The zero-order chi connectivity index (χ0) is 24.7. The summed E-state index contributed by atoms with van der Waals surface area (Å²) in [7, 11) is 0. The summed E-state index contributed by atoms with van der Waals surface area (Å²) in [6.07, 6.45) is -1.80. The lowest BCUT2D eigenvalue weighted by Gasteiger charge is -2.12. The van der Waals surface area contributed by atoms with Crippen LogP contribution in [0.4, 0.5) is 24.8 Å². The summed E-state index contributed by atoms with van der Waals surface area (Å²) in [5, 5.41) is 3.72. The van der Waals surface area contributed by atoms with Crippen molar-refractivity contribution in [1.82, 2.24) is 29.9 Å². The van der Waals surface area contributed by atoms with Crippen molar-refractivity contribution in [2.45, 2.75) is 33.0 Å². The van der Waals surface area contributed by atoms with Crippen LogP contribution < -0.4 is 11.1 Å². The summed E-state index contributed by atoms with van der Waals surface area (Å²) in [5.74, 6) is 1.68. The Morgan fingerprint density at radius 1 is 1.03 bits per heavy atom. The minimum absolute atomic E-state index is 0.377. The number of nitrogens with one attached hydrogen (secondary N) is 2. The van der Waals surface area contributed by atoms with Gasteiger partial charge in [0.15, 0.2) is 11.5 Å². The van der Waals surface area contributed by atoms with E-state index < -0.39 is 11.7 Å². The lowest BCUT2D eigenvalue weighted by atomic mass is 10.1. The third-order valence-corrected chi connectivity index (χ3v) is 5.79. The van der Waals surface area contributed by atoms with E-state index in [1.54, 1.807) is 12.1 Å². The molecule has 0 aliphatic heterocycles. The van der Waals surface area contributed by atoms with Gasteiger partial charge < -0.3 is 16.0 Å². The first kappa shape index (κ1) is 22.5. The average molecular weight is 478 g/mol. The van der Waals surface area contributed by atoms with Crippen LogP contribution in [-0.4, -0.2) is 29.9 Å². The van der Waals surface area contributed by atoms with Crippen molar-refractivity contribution >= 4 is 33.7 Å². The number of rotatable bonds is 5. The summed E-state index contributed by atoms with van der Waals surface area (Å²) >= 11 is 0. The number of alkyl halides is 3. The number of anilines is 2. The number of fused-ring (bicyclic) bond motifs is 2. The largest absolute Gasteiger partial charge is 0.417 e. The number of nitrogens with zero attached hydrogens (tertiary/aromatic N) is 5. The first-order valence-corrected chi connectivity index (χ1v) is 10.8. The van der Waals surface area contributed by atoms with Gasteiger partial charge in [0.25, 0.3) is 0 Å². The number of nitrogens with two attached hydrogens (primary N) is 1. The van der Waals surface area contributed by atoms with Crippen LogP contribution in [0.1, 0.15) is 33.8 Å². The molecule has 0 aliphatic carbocycles. The molecule has 5 aromatic rings. The molecule has 35 heavy (non-hydrogen) atoms. The van der Waals surface area contributed by atoms with E-state index in [0.717, 1.165) is 34.6 Å². The maximum Gasteiger partial charge on any atom is 0.417 e. The minimum atomic E-state index is -4.45. The topological polar surface area (TPSA) is 118 Å². The number of aromatic nitrogens is 6. The Balaban J connectivity index is 1.41. The zero-order valence-corrected chi connectivity index (χ0v) is 18.9. The van der Waals surface area contributed by atoms with Gasteiger partial charge in [-0.1, -0.05) is 6.07 Å². The van der Waals surface area contributed by atoms with E-state index in [1.165, 1.54) is 6.33 Å². The maximum atomic E-state index is 13.1. The molecular weight excluding hydrogens is 457 g/mol. The van der Waals surface area contributed by atoms with Crippen molar-refractivity contribution in [3.63, 3.8) is 0 Å². The summed E-state index contributed by atoms with van der Waals surface area (Å²) < 4.78 is 39.2. The van der Waals surface area contributed by atoms with Gasteiger partial charge in [-0.25, -0.2) is 19.9 Å². The molecule has 0 saturated carbocycles. The standard InChI is InChI=1S/C24H21F3N8/c1-12-5-19(28)33-13(2)17(12)10-30-22-21-23(32-11-31-22)35-20(34-21)7-14-3-4-18-15(6-14)8-16(9-29-18)24(25,26)27/h3-6,8-9,11H,7,10H2,1-2H3,(H2,28,33)(H2,30,31,32,34,35). The van der Waals surface area contributed by atoms with E-state index >= 15 is 0 Å². The van der Waals surface area contributed by atoms with Gasteiger partial charge in [0.1, 0.15) is 23.5 Å². The van der Waals surface area contributed by atoms with Crippen molar-refractivity contribution in [3.8, 4) is 0 Å². The van der Waals surface area contributed by atoms with Crippen LogP contribution in [0.25, 0.3) is 22.1 Å². The monoisotopic (exact) mass is 478 g/mol. The Kier molecular flexibility index (Phi) is 5.46. The van der Waals surface area contributed by atoms with Crippen molar-refractivity contribution in [2.24, 2.45) is 0 Å². The van der Waals surface area contributed by atoms with Crippen LogP contribution in [-0.2, 0) is 19.1 Å². The molecule has 1 aromatic carbocycles. The van der Waals surface area contributed by atoms with E-state index in [9.17, 15) is 13.2 Å². The highest BCUT2D eigenvalue weighted by molar-refractivity contribution is 5.83. The first-order chi connectivity index (χ1) is 16.7. The van der Waals surface area contributed by atoms with Crippen LogP contribution in [0.2, 0.25) is 0 Å². The number of pyridine rings is 2. The summed E-state index contributed by atoms with van der Waals surface area (Å²) in [5.41, 5.74) is 10.3. The Hall–Kier alpha value is -4.28. The van der Waals surface area contributed by atoms with Gasteiger partial charge in [0.05, 0.1) is 11.1 Å². The molecule has 0 atom stereocenters. The van der Waals surface area contributed by atoms with Gasteiger partial charge in [0, 0.05) is 30.2 Å². The molecule has 5 rings (SSSR count). The number of aromatic amines is 1. The second-order valence-electron chi connectivity index (χ2n) is 8.31. The minimum Gasteiger partial charge on any atom is -0.384 e. The van der Waals surface area contributed by atoms with Crippen molar-refractivity contribution in [3.05, 3.63) is 76.6 Å². The van der Waals surface area contributed by atoms with E-state index in [2.05, 4.69) is 35.2 Å². The molecule has 8 nitrogen and oxygen atoms in total. The Labute approximate surface area is 197 Å². The molecule has 0 radical (unpaired) electrons. The molecule has 4 aromatic heterocycles. The van der Waals surface area contributed by atoms with Crippen molar-refractivity contribution < 1.29 is 13.2 Å². The quantitative estimate of drug-likeness (QED) is 0.335. The molecule has 0 amide bonds. The highest BCUT2D eigenvalue weighted by Gasteiger charge is 2.31. The molecule has 0 spiro atoms. The highest BCUT2D eigenvalue weighted by Crippen LogP contribution is 2.31. The van der Waals surface area contributed by atoms with Gasteiger partial charge in [-0.3, -0.25) is 4.98 Å². The van der Waals surface area contributed by atoms with Crippen LogP contribution in [0.3, 0.4) is 0 Å². The molecular formula is C24H21F3N8. The molecule has 0 bridgehead atoms. The third-order valence-electron chi connectivity index (χ3n) is 5.79. The number of imidazole rings is 1. The maximum absolute atomic E-state index is 13.1. The highest BCUT2D eigenvalue weighted by atomic mass is 19.4. The summed E-state index contributed by atoms with van der Waals surface area (Å²) in [6, 6.07) is 8.14. The fourth-order valence-corrected chi connectivity index (χ4v) is 4.06. The second kappa shape index (κ2) is 8.49. The number of aryl methyl sites for hydroxylation is 2. The van der Waals surface area contributed by atoms with Crippen molar-refractivity contribution in [2.75, 3.05) is 11.1 Å². The normalized spacial score (nSPS) is 11.9. The lowest BCUT2D eigenvalue weighted by Crippen LogP contribution is -2.08. The number of nitrogen functional groups attached to an aromatic ring is 1. The lowest BCUT2D eigenvalue weighted by molar-refractivity contribution is -0.137. The van der Waals surface area contributed by atoms with Crippen LogP contribution in [0.5, 0.6) is 0 Å². The molecule has 0 saturated heterocycles. The fourth-order valence-electron chi connectivity index (χ4n) is 4.06. The number of hydrogen-bond donors (Lipinski definition) is 3. The van der Waals surface area contributed by atoms with Gasteiger partial charge in [-0.15, -0.1) is 0 Å². The molecule has 0 aliphatic rings. The number of hydrogen-bond acceptors (Lipinski definition) is 7. The van der Waals surface area contributed by atoms with Gasteiger partial charge in [-0.2, -0.15) is 13.2 Å². The van der Waals surface area contributed by atoms with Crippen LogP contribution in [0.15, 0.2) is 42.9 Å². The van der Waals surface area contributed by atoms with Gasteiger partial charge in [0.2, 0.25) is 0 Å². The smallest absolute Gasteiger partial charge is 0.384 e. The van der Waals surface area contributed by atoms with E-state index in [-0.39, 0.29) is 0 Å². The second-order valence-corrected chi connectivity index (χ2v) is 8.31. The molecule has 178 valence electrons. The molecule has 11 heteroatoms. The molecule has 0 fully saturated rings. The van der Waals surface area contributed by atoms with E-state index in [1.807, 2.05) is 26.0 Å². The van der Waals surface area contributed by atoms with Gasteiger partial charge >= 0.3 is 6.18 Å². The first-order valence-electron chi connectivity index (χ1n) is 10.8. The molecule has 4 N–H and O–H groups in total. The number of halogens is 3. The average Bonchev–Trinajstić information content (AvgIpc) is 3.20. The zero-order valence-electron chi connectivity index (χ0n) is 18.9. The fraction of sp³-hybridized carbons (Fsp3) is 0.208. The Bertz CT molecular complexity index is 1540.